The van der Waals surface area contributed by atoms with Crippen LogP contribution in [0.3, 0.4) is 0 Å². The Labute approximate surface area is 228 Å². The number of aliphatic hydroxyl groups is 1. The van der Waals surface area contributed by atoms with Crippen LogP contribution in [0.25, 0.3) is 0 Å². The number of fused-ring (bicyclic) bond motifs is 2. The molecule has 11 heteroatoms. The number of rotatable bonds is 4. The number of methoxy groups -OCH3 is 2. The number of hydrogen-bond donors (Lipinski definition) is 4. The molecule has 39 heavy (non-hydrogen) atoms. The molecule has 1 heterocycles. The van der Waals surface area contributed by atoms with Crippen LogP contribution in [0.2, 0.25) is 0 Å². The van der Waals surface area contributed by atoms with E-state index in [-0.39, 0.29) is 46.9 Å². The number of aliphatic hydroxyl groups excluding tert-OH is 1. The quantitative estimate of drug-likeness (QED) is 0.302. The van der Waals surface area contributed by atoms with Crippen LogP contribution in [0.4, 0.5) is 4.79 Å². The Balaban J connectivity index is 2.56. The van der Waals surface area contributed by atoms with Crippen molar-refractivity contribution in [1.82, 2.24) is 5.32 Å². The maximum atomic E-state index is 13.2. The largest absolute Gasteiger partial charge is 0.439 e. The highest BCUT2D eigenvalue weighted by atomic mass is 16.6. The van der Waals surface area contributed by atoms with Gasteiger partial charge in [0.15, 0.2) is 6.10 Å². The Morgan fingerprint density at radius 1 is 1.15 bits per heavy atom. The molecule has 2 aliphatic rings. The second-order valence-corrected chi connectivity index (χ2v) is 9.91. The van der Waals surface area contributed by atoms with Crippen molar-refractivity contribution in [2.24, 2.45) is 23.3 Å². The highest BCUT2D eigenvalue weighted by Gasteiger charge is 2.31. The topological polar surface area (TPSA) is 180 Å². The summed E-state index contributed by atoms with van der Waals surface area (Å²) in [6.07, 6.45) is 5.51. The molecule has 0 radical (unpaired) electrons. The average molecular weight is 546 g/mol. The first-order chi connectivity index (χ1) is 18.4. The first kappa shape index (κ1) is 31.7. The molecule has 1 aliphatic carbocycles. The third-order valence-corrected chi connectivity index (χ3v) is 6.68. The second kappa shape index (κ2) is 14.6. The predicted molar refractivity (Wildman–Crippen MR) is 144 cm³/mol. The third kappa shape index (κ3) is 8.74. The van der Waals surface area contributed by atoms with Gasteiger partial charge in [-0.25, -0.2) is 4.79 Å². The summed E-state index contributed by atoms with van der Waals surface area (Å²) >= 11 is 0. The minimum atomic E-state index is -1.04. The minimum Gasteiger partial charge on any atom is -0.439 e. The van der Waals surface area contributed by atoms with Gasteiger partial charge in [0.25, 0.3) is 5.91 Å². The number of ether oxygens (including phenoxy) is 3. The van der Waals surface area contributed by atoms with Crippen LogP contribution < -0.4 is 16.8 Å². The van der Waals surface area contributed by atoms with E-state index in [9.17, 15) is 24.3 Å². The van der Waals surface area contributed by atoms with E-state index in [1.165, 1.54) is 26.2 Å². The lowest BCUT2D eigenvalue weighted by Crippen LogP contribution is -2.36. The van der Waals surface area contributed by atoms with E-state index in [0.29, 0.717) is 18.4 Å². The summed E-state index contributed by atoms with van der Waals surface area (Å²) < 4.78 is 16.5. The van der Waals surface area contributed by atoms with Gasteiger partial charge in [0.2, 0.25) is 11.6 Å². The molecule has 1 aliphatic heterocycles. The van der Waals surface area contributed by atoms with Gasteiger partial charge in [-0.2, -0.15) is 0 Å². The number of Topliss-reactive ketones (excluding diaryl/α,β-unsaturated/α-hetero) is 1. The Morgan fingerprint density at radius 3 is 2.44 bits per heavy atom. The first-order valence-corrected chi connectivity index (χ1v) is 12.7. The fourth-order valence-electron chi connectivity index (χ4n) is 4.65. The zero-order valence-corrected chi connectivity index (χ0v) is 23.1. The molecular weight excluding hydrogens is 506 g/mol. The molecule has 0 aromatic carbocycles. The summed E-state index contributed by atoms with van der Waals surface area (Å²) in [5, 5.41) is 12.6. The predicted octanol–water partition coefficient (Wildman–Crippen LogP) is 1.72. The molecule has 2 amide bonds. The van der Waals surface area contributed by atoms with Gasteiger partial charge in [0.1, 0.15) is 6.10 Å². The molecule has 2 bridgehead atoms. The fraction of sp³-hybridized carbons (Fsp3) is 0.500. The van der Waals surface area contributed by atoms with Crippen molar-refractivity contribution in [2.45, 2.75) is 58.3 Å². The molecule has 214 valence electrons. The van der Waals surface area contributed by atoms with Crippen molar-refractivity contribution in [3.05, 3.63) is 58.5 Å². The summed E-state index contributed by atoms with van der Waals surface area (Å²) in [5.74, 6) is -1.85. The summed E-state index contributed by atoms with van der Waals surface area (Å²) in [4.78, 5) is 50.1. The van der Waals surface area contributed by atoms with Crippen LogP contribution in [0.1, 0.15) is 40.0 Å². The van der Waals surface area contributed by atoms with Gasteiger partial charge in [0.05, 0.1) is 24.1 Å². The van der Waals surface area contributed by atoms with Crippen molar-refractivity contribution >= 4 is 23.6 Å². The molecule has 0 unspecified atom stereocenters. The van der Waals surface area contributed by atoms with Gasteiger partial charge < -0.3 is 36.1 Å². The number of carbonyl (C=O) groups is 4. The zero-order chi connectivity index (χ0) is 29.3. The second-order valence-electron chi connectivity index (χ2n) is 9.91. The van der Waals surface area contributed by atoms with Gasteiger partial charge in [-0.05, 0) is 43.6 Å². The maximum Gasteiger partial charge on any atom is 0.405 e. The number of allylic oxidation sites excluding steroid dienone is 5. The number of hydrogen-bond acceptors (Lipinski definition) is 9. The van der Waals surface area contributed by atoms with Crippen LogP contribution >= 0.6 is 0 Å². The maximum absolute atomic E-state index is 13.2. The highest BCUT2D eigenvalue weighted by Crippen LogP contribution is 2.28. The molecule has 0 aromatic rings. The molecule has 0 fully saturated rings. The smallest absolute Gasteiger partial charge is 0.405 e. The van der Waals surface area contributed by atoms with E-state index in [1.807, 2.05) is 13.8 Å². The number of nitrogens with two attached hydrogens (primary N) is 2. The monoisotopic (exact) mass is 545 g/mol. The highest BCUT2D eigenvalue weighted by molar-refractivity contribution is 6.23. The summed E-state index contributed by atoms with van der Waals surface area (Å²) in [7, 11) is 2.98. The van der Waals surface area contributed by atoms with Gasteiger partial charge in [-0.1, -0.05) is 38.2 Å². The lowest BCUT2D eigenvalue weighted by atomic mass is 9.86. The third-order valence-electron chi connectivity index (χ3n) is 6.68. The van der Waals surface area contributed by atoms with Gasteiger partial charge >= 0.3 is 6.09 Å². The number of nitrogens with one attached hydrogen (secondary N) is 1. The Morgan fingerprint density at radius 2 is 1.85 bits per heavy atom. The van der Waals surface area contributed by atoms with E-state index in [0.717, 1.165) is 6.08 Å². The SMILES string of the molecule is CO[C@H]1C[C@H](C)CC2=C(N)C(=O)C=C(NC(=O)/C(C)=C/C=C\[C@H](OC)[C@@H](OC(N)=O)/C(CO)=C/[C@H](C)C1)C2=O. The van der Waals surface area contributed by atoms with E-state index < -0.39 is 42.4 Å². The number of ketones is 2. The van der Waals surface area contributed by atoms with Gasteiger partial charge in [0, 0.05) is 31.4 Å². The van der Waals surface area contributed by atoms with Crippen molar-refractivity contribution in [1.29, 1.82) is 0 Å². The van der Waals surface area contributed by atoms with Gasteiger partial charge in [-0.15, -0.1) is 0 Å². The van der Waals surface area contributed by atoms with E-state index in [4.69, 9.17) is 25.7 Å². The van der Waals surface area contributed by atoms with Crippen LogP contribution in [-0.4, -0.2) is 67.8 Å². The van der Waals surface area contributed by atoms with Crippen molar-refractivity contribution in [3.63, 3.8) is 0 Å². The Hall–Kier alpha value is -3.54. The van der Waals surface area contributed by atoms with E-state index in [2.05, 4.69) is 5.32 Å². The molecule has 6 N–H and O–H groups in total. The average Bonchev–Trinajstić information content (AvgIpc) is 2.88. The van der Waals surface area contributed by atoms with Crippen LogP contribution in [0, 0.1) is 11.8 Å². The number of primary amides is 1. The normalized spacial score (nSPS) is 31.4. The Kier molecular flexibility index (Phi) is 11.8. The summed E-state index contributed by atoms with van der Waals surface area (Å²) in [5.41, 5.74) is 11.8. The summed E-state index contributed by atoms with van der Waals surface area (Å²) in [6.45, 7) is 4.95. The Bertz CT molecular complexity index is 1120. The number of carbonyl (C=O) groups excluding carboxylic acids is 4. The molecule has 2 rings (SSSR count). The lowest BCUT2D eigenvalue weighted by Gasteiger charge is -2.27. The molecule has 0 aromatic heterocycles. The standard InChI is InChI=1S/C28H39N3O8/c1-15-9-18(14-32)26(39-28(30)36)23(38-5)8-6-7-17(3)27(35)31-21-13-22(33)24(29)20(25(21)34)12-16(2)11-19(10-15)37-4/h6-9,13,15-16,19,23,26,32H,10-12,14,29H2,1-5H3,(H2,30,36)(H,31,35)/b8-6-,17-7+,18-9+/t15-,16-,19+,23-,26-/m0/s1. The van der Waals surface area contributed by atoms with Crippen LogP contribution in [-0.2, 0) is 28.6 Å². The molecule has 11 nitrogen and oxygen atoms in total. The van der Waals surface area contributed by atoms with Crippen molar-refractivity contribution < 1.29 is 38.5 Å². The van der Waals surface area contributed by atoms with E-state index in [1.54, 1.807) is 19.3 Å². The van der Waals surface area contributed by atoms with E-state index >= 15 is 0 Å². The molecule has 5 atom stereocenters. The lowest BCUT2D eigenvalue weighted by molar-refractivity contribution is -0.120. The first-order valence-electron chi connectivity index (χ1n) is 12.7. The zero-order valence-electron chi connectivity index (χ0n) is 23.1. The van der Waals surface area contributed by atoms with Crippen LogP contribution in [0.5, 0.6) is 0 Å². The molecule has 0 spiro atoms. The molecule has 0 saturated heterocycles. The van der Waals surface area contributed by atoms with Gasteiger partial charge in [-0.3, -0.25) is 14.4 Å². The van der Waals surface area contributed by atoms with Crippen LogP contribution in [0.15, 0.2) is 58.5 Å². The minimum absolute atomic E-state index is 0.0967. The molecule has 0 saturated carbocycles. The summed E-state index contributed by atoms with van der Waals surface area (Å²) in [6, 6.07) is 0. The number of amides is 2. The van der Waals surface area contributed by atoms with Crippen molar-refractivity contribution in [3.8, 4) is 0 Å². The van der Waals surface area contributed by atoms with Crippen molar-refractivity contribution in [2.75, 3.05) is 20.8 Å². The molecular formula is C28H39N3O8. The fourth-order valence-corrected chi connectivity index (χ4v) is 4.65.